The summed E-state index contributed by atoms with van der Waals surface area (Å²) in [7, 11) is 0. The monoisotopic (exact) mass is 480 g/mol. The zero-order valence-electron chi connectivity index (χ0n) is 16.3. The number of carbonyl (C=O) groups is 1. The van der Waals surface area contributed by atoms with Gasteiger partial charge in [-0.3, -0.25) is 9.59 Å². The van der Waals surface area contributed by atoms with E-state index >= 15 is 0 Å². The first-order valence-corrected chi connectivity index (χ1v) is 11.2. The maximum Gasteiger partial charge on any atom is 0.291 e. The fraction of sp³-hybridized carbons (Fsp3) is 0.182. The van der Waals surface area contributed by atoms with E-state index in [2.05, 4.69) is 26.0 Å². The second-order valence-corrected chi connectivity index (χ2v) is 9.07. The molecule has 0 fully saturated rings. The zero-order chi connectivity index (χ0) is 21.0. The molecular formula is C22H17BrN4O2S. The Morgan fingerprint density at radius 1 is 1.10 bits per heavy atom. The molecule has 3 heterocycles. The average Bonchev–Trinajstić information content (AvgIpc) is 3.34. The van der Waals surface area contributed by atoms with E-state index in [4.69, 9.17) is 0 Å². The molecule has 0 saturated carbocycles. The molecule has 4 aromatic rings. The molecular weight excluding hydrogens is 464 g/mol. The van der Waals surface area contributed by atoms with Gasteiger partial charge in [0.15, 0.2) is 5.82 Å². The van der Waals surface area contributed by atoms with Crippen LogP contribution in [0.1, 0.15) is 24.5 Å². The number of carbonyl (C=O) groups excluding carboxylic acids is 1. The zero-order valence-corrected chi connectivity index (χ0v) is 18.7. The smallest absolute Gasteiger partial charge is 0.291 e. The first-order chi connectivity index (χ1) is 14.5. The number of halogens is 1. The number of aromatic nitrogens is 3. The Morgan fingerprint density at radius 3 is 2.63 bits per heavy atom. The number of benzene rings is 2. The number of hydrogen-bond acceptors (Lipinski definition) is 5. The molecule has 0 atom stereocenters. The van der Waals surface area contributed by atoms with Crippen LogP contribution in [0.15, 0.2) is 51.7 Å². The Morgan fingerprint density at radius 2 is 1.90 bits per heavy atom. The lowest BCUT2D eigenvalue weighted by Crippen LogP contribution is -2.32. The molecule has 2 aromatic heterocycles. The van der Waals surface area contributed by atoms with Crippen molar-refractivity contribution in [3.8, 4) is 11.4 Å². The minimum absolute atomic E-state index is 0.148. The number of aryl methyl sites for hydroxylation is 1. The summed E-state index contributed by atoms with van der Waals surface area (Å²) in [5.74, 6) is 0.368. The van der Waals surface area contributed by atoms with Gasteiger partial charge in [0, 0.05) is 22.1 Å². The number of rotatable bonds is 3. The summed E-state index contributed by atoms with van der Waals surface area (Å²) in [6, 6.07) is 13.5. The van der Waals surface area contributed by atoms with Crippen molar-refractivity contribution in [2.45, 2.75) is 20.3 Å². The summed E-state index contributed by atoms with van der Waals surface area (Å²) in [6.07, 6.45) is 0.827. The lowest BCUT2D eigenvalue weighted by Gasteiger charge is -2.15. The van der Waals surface area contributed by atoms with Crippen molar-refractivity contribution < 1.29 is 4.79 Å². The van der Waals surface area contributed by atoms with Gasteiger partial charge in [0.2, 0.25) is 4.96 Å². The van der Waals surface area contributed by atoms with Gasteiger partial charge in [-0.05, 0) is 37.1 Å². The van der Waals surface area contributed by atoms with Gasteiger partial charge in [-0.15, -0.1) is 5.10 Å². The third-order valence-electron chi connectivity index (χ3n) is 5.20. The number of anilines is 1. The SMILES string of the molecule is CCCN1C(=O)C(=c2sc3nc(-c4ccccc4C)nn3c2=O)c2cc(Br)ccc21. The molecule has 1 aliphatic heterocycles. The summed E-state index contributed by atoms with van der Waals surface area (Å²) in [4.78, 5) is 33.3. The van der Waals surface area contributed by atoms with Crippen LogP contribution >= 0.6 is 27.3 Å². The third-order valence-corrected chi connectivity index (χ3v) is 6.72. The van der Waals surface area contributed by atoms with Gasteiger partial charge in [0.05, 0.1) is 11.3 Å². The molecule has 0 aliphatic carbocycles. The molecule has 0 N–H and O–H groups in total. The molecule has 0 saturated heterocycles. The van der Waals surface area contributed by atoms with Crippen molar-refractivity contribution in [2.24, 2.45) is 0 Å². The fourth-order valence-corrected chi connectivity index (χ4v) is 5.15. The number of hydrogen-bond donors (Lipinski definition) is 0. The molecule has 0 radical (unpaired) electrons. The summed E-state index contributed by atoms with van der Waals surface area (Å²) in [5.41, 5.74) is 3.65. The van der Waals surface area contributed by atoms with Crippen LogP contribution in [-0.2, 0) is 4.79 Å². The summed E-state index contributed by atoms with van der Waals surface area (Å²) >= 11 is 4.70. The summed E-state index contributed by atoms with van der Waals surface area (Å²) in [5, 5.41) is 4.45. The molecule has 0 bridgehead atoms. The molecule has 8 heteroatoms. The Balaban J connectivity index is 1.75. The molecule has 0 spiro atoms. The molecule has 0 unspecified atom stereocenters. The Hall–Kier alpha value is -2.84. The highest BCUT2D eigenvalue weighted by Crippen LogP contribution is 2.37. The number of amides is 1. The minimum Gasteiger partial charge on any atom is -0.308 e. The highest BCUT2D eigenvalue weighted by molar-refractivity contribution is 9.10. The highest BCUT2D eigenvalue weighted by atomic mass is 79.9. The van der Waals surface area contributed by atoms with Crippen molar-refractivity contribution >= 4 is 49.4 Å². The van der Waals surface area contributed by atoms with E-state index in [1.807, 2.05) is 56.3 Å². The van der Waals surface area contributed by atoms with Crippen LogP contribution in [0.5, 0.6) is 0 Å². The van der Waals surface area contributed by atoms with Crippen molar-refractivity contribution in [1.82, 2.24) is 14.6 Å². The van der Waals surface area contributed by atoms with Gasteiger partial charge in [-0.1, -0.05) is 58.5 Å². The van der Waals surface area contributed by atoms with E-state index in [1.165, 1.54) is 15.9 Å². The van der Waals surface area contributed by atoms with Crippen LogP contribution in [0, 0.1) is 6.92 Å². The standard InChI is InChI=1S/C22H17BrN4O2S/c1-3-10-26-16-9-8-13(23)11-15(16)17(20(26)28)18-21(29)27-22(30-18)24-19(25-27)14-7-5-4-6-12(14)2/h4-9,11H,3,10H2,1-2H3. The lowest BCUT2D eigenvalue weighted by atomic mass is 10.1. The van der Waals surface area contributed by atoms with Gasteiger partial charge in [-0.2, -0.15) is 9.50 Å². The normalized spacial score (nSPS) is 15.3. The Bertz CT molecular complexity index is 1440. The molecule has 150 valence electrons. The molecule has 1 amide bonds. The second kappa shape index (κ2) is 7.14. The average molecular weight is 481 g/mol. The van der Waals surface area contributed by atoms with Crippen molar-refractivity contribution in [1.29, 1.82) is 0 Å². The highest BCUT2D eigenvalue weighted by Gasteiger charge is 2.34. The summed E-state index contributed by atoms with van der Waals surface area (Å²) in [6.45, 7) is 4.61. The van der Waals surface area contributed by atoms with E-state index < -0.39 is 0 Å². The first kappa shape index (κ1) is 19.1. The van der Waals surface area contributed by atoms with Crippen LogP contribution in [0.4, 0.5) is 5.69 Å². The molecule has 30 heavy (non-hydrogen) atoms. The van der Waals surface area contributed by atoms with Crippen LogP contribution in [0.2, 0.25) is 0 Å². The molecule has 1 aliphatic rings. The maximum absolute atomic E-state index is 13.2. The van der Waals surface area contributed by atoms with E-state index in [-0.39, 0.29) is 11.5 Å². The van der Waals surface area contributed by atoms with Gasteiger partial charge in [0.25, 0.3) is 11.5 Å². The number of nitrogens with zero attached hydrogens (tertiary/aromatic N) is 4. The van der Waals surface area contributed by atoms with Gasteiger partial charge < -0.3 is 4.90 Å². The Labute approximate surface area is 184 Å². The third kappa shape index (κ3) is 2.82. The van der Waals surface area contributed by atoms with Crippen LogP contribution in [0.3, 0.4) is 0 Å². The lowest BCUT2D eigenvalue weighted by molar-refractivity contribution is -0.113. The van der Waals surface area contributed by atoms with Gasteiger partial charge in [-0.25, -0.2) is 0 Å². The topological polar surface area (TPSA) is 67.6 Å². The minimum atomic E-state index is -0.310. The van der Waals surface area contributed by atoms with E-state index in [0.717, 1.165) is 33.3 Å². The van der Waals surface area contributed by atoms with Crippen molar-refractivity contribution in [2.75, 3.05) is 11.4 Å². The predicted octanol–water partition coefficient (Wildman–Crippen LogP) is 3.56. The van der Waals surface area contributed by atoms with Crippen molar-refractivity contribution in [3.05, 3.63) is 73.0 Å². The first-order valence-electron chi connectivity index (χ1n) is 9.61. The van der Waals surface area contributed by atoms with Gasteiger partial charge >= 0.3 is 0 Å². The van der Waals surface area contributed by atoms with E-state index in [9.17, 15) is 9.59 Å². The molecule has 5 rings (SSSR count). The largest absolute Gasteiger partial charge is 0.308 e. The second-order valence-electron chi connectivity index (χ2n) is 7.17. The van der Waals surface area contributed by atoms with E-state index in [1.54, 1.807) is 4.90 Å². The van der Waals surface area contributed by atoms with E-state index in [0.29, 0.717) is 27.4 Å². The number of thiazole rings is 1. The quantitative estimate of drug-likeness (QED) is 0.449. The molecule has 2 aromatic carbocycles. The number of fused-ring (bicyclic) bond motifs is 2. The Kier molecular flexibility index (Phi) is 4.56. The summed E-state index contributed by atoms with van der Waals surface area (Å²) < 4.78 is 2.55. The predicted molar refractivity (Wildman–Crippen MR) is 122 cm³/mol. The maximum atomic E-state index is 13.2. The molecule has 6 nitrogen and oxygen atoms in total. The van der Waals surface area contributed by atoms with Crippen LogP contribution < -0.4 is 15.0 Å². The van der Waals surface area contributed by atoms with Gasteiger partial charge in [0.1, 0.15) is 4.53 Å². The fourth-order valence-electron chi connectivity index (χ4n) is 3.79. The van der Waals surface area contributed by atoms with Crippen LogP contribution in [-0.4, -0.2) is 27.0 Å². The van der Waals surface area contributed by atoms with Crippen LogP contribution in [0.25, 0.3) is 21.9 Å². The van der Waals surface area contributed by atoms with Crippen molar-refractivity contribution in [3.63, 3.8) is 0 Å².